The van der Waals surface area contributed by atoms with Gasteiger partial charge in [-0.25, -0.2) is 5.48 Å². The molecule has 112 valence electrons. The number of hydroxylamine groups is 1. The van der Waals surface area contributed by atoms with Crippen LogP contribution in [-0.2, 0) is 16.2 Å². The van der Waals surface area contributed by atoms with Gasteiger partial charge in [-0.2, -0.15) is 0 Å². The van der Waals surface area contributed by atoms with E-state index in [0.29, 0.717) is 19.7 Å². The molecule has 0 spiro atoms. The Kier molecular flexibility index (Phi) is 5.98. The van der Waals surface area contributed by atoms with Gasteiger partial charge in [0.2, 0.25) is 5.91 Å². The van der Waals surface area contributed by atoms with Gasteiger partial charge in [-0.15, -0.1) is 0 Å². The summed E-state index contributed by atoms with van der Waals surface area (Å²) >= 11 is 0. The maximum Gasteiger partial charge on any atom is 0.227 e. The fourth-order valence-electron chi connectivity index (χ4n) is 1.71. The molecule has 0 heterocycles. The smallest absolute Gasteiger partial charge is 0.227 e. The number of rotatable bonds is 6. The Hall–Kier alpha value is -1.59. The molecule has 3 N–H and O–H groups in total. The Bertz CT molecular complexity index is 424. The number of nitrogens with one attached hydrogen (secondary N) is 1. The molecule has 0 fully saturated rings. The molecule has 0 aromatic heterocycles. The van der Waals surface area contributed by atoms with Gasteiger partial charge in [0.25, 0.3) is 0 Å². The van der Waals surface area contributed by atoms with Crippen molar-refractivity contribution in [3.63, 3.8) is 0 Å². The maximum atomic E-state index is 11.9. The number of nitrogens with two attached hydrogens (primary N) is 1. The SMILES string of the molecule is CN(CCNOCc1ccc(N)cc1)C(=O)C(C)(C)C. The van der Waals surface area contributed by atoms with E-state index in [-0.39, 0.29) is 11.3 Å². The van der Waals surface area contributed by atoms with Gasteiger partial charge in [0.1, 0.15) is 0 Å². The van der Waals surface area contributed by atoms with Crippen molar-refractivity contribution in [3.05, 3.63) is 29.8 Å². The van der Waals surface area contributed by atoms with Gasteiger partial charge in [-0.3, -0.25) is 9.63 Å². The Labute approximate surface area is 121 Å². The van der Waals surface area contributed by atoms with Gasteiger partial charge in [0.15, 0.2) is 0 Å². The summed E-state index contributed by atoms with van der Waals surface area (Å²) in [5.41, 5.74) is 9.91. The lowest BCUT2D eigenvalue weighted by molar-refractivity contribution is -0.138. The zero-order chi connectivity index (χ0) is 15.2. The van der Waals surface area contributed by atoms with Crippen molar-refractivity contribution < 1.29 is 9.63 Å². The summed E-state index contributed by atoms with van der Waals surface area (Å²) in [6, 6.07) is 7.53. The van der Waals surface area contributed by atoms with Crippen molar-refractivity contribution in [2.45, 2.75) is 27.4 Å². The van der Waals surface area contributed by atoms with E-state index in [1.807, 2.05) is 45.0 Å². The molecule has 5 heteroatoms. The summed E-state index contributed by atoms with van der Waals surface area (Å²) < 4.78 is 0. The molecule has 0 aliphatic rings. The number of benzene rings is 1. The number of hydrogen-bond donors (Lipinski definition) is 2. The summed E-state index contributed by atoms with van der Waals surface area (Å²) in [5, 5.41) is 0. The molecule has 1 aromatic carbocycles. The third-order valence-corrected chi connectivity index (χ3v) is 2.86. The highest BCUT2D eigenvalue weighted by molar-refractivity contribution is 5.81. The van der Waals surface area contributed by atoms with Crippen molar-refractivity contribution in [1.82, 2.24) is 10.4 Å². The van der Waals surface area contributed by atoms with E-state index in [1.165, 1.54) is 0 Å². The van der Waals surface area contributed by atoms with Gasteiger partial charge in [-0.05, 0) is 17.7 Å². The van der Waals surface area contributed by atoms with E-state index in [0.717, 1.165) is 11.3 Å². The average molecular weight is 279 g/mol. The molecule has 5 nitrogen and oxygen atoms in total. The van der Waals surface area contributed by atoms with Crippen LogP contribution in [0.15, 0.2) is 24.3 Å². The van der Waals surface area contributed by atoms with Crippen LogP contribution in [0.4, 0.5) is 5.69 Å². The number of anilines is 1. The lowest BCUT2D eigenvalue weighted by atomic mass is 9.95. The fraction of sp³-hybridized carbons (Fsp3) is 0.533. The van der Waals surface area contributed by atoms with Crippen molar-refractivity contribution in [2.75, 3.05) is 25.9 Å². The Balaban J connectivity index is 2.19. The number of carbonyl (C=O) groups is 1. The molecule has 0 saturated carbocycles. The maximum absolute atomic E-state index is 11.9. The molecule has 0 aliphatic heterocycles. The third-order valence-electron chi connectivity index (χ3n) is 2.86. The van der Waals surface area contributed by atoms with Crippen molar-refractivity contribution >= 4 is 11.6 Å². The summed E-state index contributed by atoms with van der Waals surface area (Å²) in [6.07, 6.45) is 0. The minimum atomic E-state index is -0.348. The summed E-state index contributed by atoms with van der Waals surface area (Å²) in [6.45, 7) is 7.41. The average Bonchev–Trinajstić information content (AvgIpc) is 2.38. The molecular formula is C15H25N3O2. The minimum Gasteiger partial charge on any atom is -0.399 e. The van der Waals surface area contributed by atoms with Crippen molar-refractivity contribution in [2.24, 2.45) is 5.41 Å². The summed E-state index contributed by atoms with van der Waals surface area (Å²) in [4.78, 5) is 19.0. The number of likely N-dealkylation sites (N-methyl/N-ethyl adjacent to an activating group) is 1. The van der Waals surface area contributed by atoms with E-state index in [1.54, 1.807) is 11.9 Å². The van der Waals surface area contributed by atoms with Gasteiger partial charge in [0, 0.05) is 31.2 Å². The monoisotopic (exact) mass is 279 g/mol. The zero-order valence-electron chi connectivity index (χ0n) is 12.8. The second-order valence-corrected chi connectivity index (χ2v) is 5.90. The Morgan fingerprint density at radius 1 is 1.30 bits per heavy atom. The highest BCUT2D eigenvalue weighted by Gasteiger charge is 2.24. The quantitative estimate of drug-likeness (QED) is 0.473. The fourth-order valence-corrected chi connectivity index (χ4v) is 1.71. The Morgan fingerprint density at radius 3 is 2.45 bits per heavy atom. The lowest BCUT2D eigenvalue weighted by Crippen LogP contribution is -2.40. The predicted molar refractivity (Wildman–Crippen MR) is 80.7 cm³/mol. The molecule has 0 saturated heterocycles. The van der Waals surface area contributed by atoms with Gasteiger partial charge < -0.3 is 10.6 Å². The van der Waals surface area contributed by atoms with E-state index in [4.69, 9.17) is 10.6 Å². The molecule has 0 aliphatic carbocycles. The number of carbonyl (C=O) groups excluding carboxylic acids is 1. The Morgan fingerprint density at radius 2 is 1.90 bits per heavy atom. The number of nitrogens with zero attached hydrogens (tertiary/aromatic N) is 1. The normalized spacial score (nSPS) is 11.4. The number of nitrogen functional groups attached to an aromatic ring is 1. The highest BCUT2D eigenvalue weighted by atomic mass is 16.6. The van der Waals surface area contributed by atoms with Crippen LogP contribution in [0.1, 0.15) is 26.3 Å². The van der Waals surface area contributed by atoms with Gasteiger partial charge >= 0.3 is 0 Å². The van der Waals surface area contributed by atoms with E-state index >= 15 is 0 Å². The van der Waals surface area contributed by atoms with Gasteiger partial charge in [0.05, 0.1) is 6.61 Å². The molecule has 1 aromatic rings. The number of amides is 1. The van der Waals surface area contributed by atoms with E-state index < -0.39 is 0 Å². The van der Waals surface area contributed by atoms with Crippen molar-refractivity contribution in [1.29, 1.82) is 0 Å². The molecule has 20 heavy (non-hydrogen) atoms. The second-order valence-electron chi connectivity index (χ2n) is 5.90. The van der Waals surface area contributed by atoms with Crippen LogP contribution in [0.25, 0.3) is 0 Å². The molecular weight excluding hydrogens is 254 g/mol. The van der Waals surface area contributed by atoms with Crippen LogP contribution in [0, 0.1) is 5.41 Å². The first-order chi connectivity index (χ1) is 9.30. The largest absolute Gasteiger partial charge is 0.399 e. The van der Waals surface area contributed by atoms with Crippen LogP contribution in [-0.4, -0.2) is 30.9 Å². The predicted octanol–water partition coefficient (Wildman–Crippen LogP) is 1.79. The minimum absolute atomic E-state index is 0.123. The summed E-state index contributed by atoms with van der Waals surface area (Å²) in [5.74, 6) is 0.123. The zero-order valence-corrected chi connectivity index (χ0v) is 12.8. The van der Waals surface area contributed by atoms with Crippen LogP contribution in [0.3, 0.4) is 0 Å². The van der Waals surface area contributed by atoms with Crippen LogP contribution in [0.5, 0.6) is 0 Å². The molecule has 0 bridgehead atoms. The standard InChI is InChI=1S/C15H25N3O2/c1-15(2,3)14(19)18(4)10-9-17-20-11-12-5-7-13(16)8-6-12/h5-8,17H,9-11,16H2,1-4H3. The highest BCUT2D eigenvalue weighted by Crippen LogP contribution is 2.15. The first-order valence-corrected chi connectivity index (χ1v) is 6.75. The molecule has 0 unspecified atom stereocenters. The third kappa shape index (κ3) is 5.59. The molecule has 0 atom stereocenters. The topological polar surface area (TPSA) is 67.6 Å². The molecule has 1 rings (SSSR count). The molecule has 0 radical (unpaired) electrons. The van der Waals surface area contributed by atoms with Gasteiger partial charge in [-0.1, -0.05) is 32.9 Å². The van der Waals surface area contributed by atoms with Crippen molar-refractivity contribution in [3.8, 4) is 0 Å². The first kappa shape index (κ1) is 16.5. The van der Waals surface area contributed by atoms with Crippen LogP contribution in [0.2, 0.25) is 0 Å². The number of hydrogen-bond acceptors (Lipinski definition) is 4. The second kappa shape index (κ2) is 7.26. The first-order valence-electron chi connectivity index (χ1n) is 6.75. The molecule has 1 amide bonds. The van der Waals surface area contributed by atoms with E-state index in [2.05, 4.69) is 5.48 Å². The van der Waals surface area contributed by atoms with Crippen LogP contribution < -0.4 is 11.2 Å². The lowest BCUT2D eigenvalue weighted by Gasteiger charge is -2.25. The van der Waals surface area contributed by atoms with E-state index in [9.17, 15) is 4.79 Å². The van der Waals surface area contributed by atoms with Crippen LogP contribution >= 0.6 is 0 Å². The summed E-state index contributed by atoms with van der Waals surface area (Å²) in [7, 11) is 1.80.